The fourth-order valence-corrected chi connectivity index (χ4v) is 2.70. The topological polar surface area (TPSA) is 67.4 Å². The second kappa shape index (κ2) is 7.63. The van der Waals surface area contributed by atoms with Crippen LogP contribution in [0.1, 0.15) is 11.1 Å². The smallest absolute Gasteiger partial charge is 0.263 e. The van der Waals surface area contributed by atoms with Crippen molar-refractivity contribution >= 4 is 46.8 Å². The molecule has 1 fully saturated rings. The third kappa shape index (κ3) is 4.07. The van der Waals surface area contributed by atoms with E-state index in [4.69, 9.17) is 28.6 Å². The molecule has 0 radical (unpaired) electrons. The van der Waals surface area contributed by atoms with Gasteiger partial charge in [-0.15, -0.1) is 0 Å². The van der Waals surface area contributed by atoms with E-state index in [1.54, 1.807) is 30.3 Å². The Morgan fingerprint density at radius 1 is 1.12 bits per heavy atom. The number of benzene rings is 2. The minimum atomic E-state index is -0.580. The fourth-order valence-electron chi connectivity index (χ4n) is 2.29. The maximum atomic E-state index is 13.8. The van der Waals surface area contributed by atoms with Gasteiger partial charge < -0.3 is 4.74 Å². The first-order valence-corrected chi connectivity index (χ1v) is 8.27. The number of carbonyl (C=O) groups is 2. The van der Waals surface area contributed by atoms with Crippen LogP contribution in [0, 0.1) is 5.82 Å². The van der Waals surface area contributed by atoms with Gasteiger partial charge in [0.15, 0.2) is 5.11 Å². The first-order valence-electron chi connectivity index (χ1n) is 7.48. The number of ether oxygens (including phenoxy) is 1. The Bertz CT molecular complexity index is 904. The van der Waals surface area contributed by atoms with Gasteiger partial charge in [-0.3, -0.25) is 20.2 Å². The zero-order chi connectivity index (χ0) is 18.7. The van der Waals surface area contributed by atoms with Crippen LogP contribution in [0.15, 0.2) is 48.0 Å². The standard InChI is InChI=1S/C18H12ClFN2O3S/c19-14-5-2-6-15(20)13(14)9-25-11-4-1-3-10(7-11)8-12-16(23)21-18(26)22-17(12)24/h1-8H,9H2,(H2,21,22,23,24,26). The number of halogens is 2. The minimum absolute atomic E-state index is 0.0315. The molecule has 0 aliphatic carbocycles. The molecule has 0 unspecified atom stereocenters. The molecule has 1 saturated heterocycles. The number of amides is 2. The van der Waals surface area contributed by atoms with Crippen LogP contribution < -0.4 is 15.4 Å². The molecule has 0 aromatic heterocycles. The Morgan fingerprint density at radius 3 is 2.50 bits per heavy atom. The minimum Gasteiger partial charge on any atom is -0.489 e. The average molecular weight is 391 g/mol. The van der Waals surface area contributed by atoms with Gasteiger partial charge in [-0.25, -0.2) is 4.39 Å². The van der Waals surface area contributed by atoms with Crippen LogP contribution >= 0.6 is 23.8 Å². The monoisotopic (exact) mass is 390 g/mol. The Balaban J connectivity index is 1.78. The van der Waals surface area contributed by atoms with Crippen LogP contribution in [-0.4, -0.2) is 16.9 Å². The number of thiocarbonyl (C=S) groups is 1. The third-order valence-corrected chi connectivity index (χ3v) is 4.12. The van der Waals surface area contributed by atoms with Gasteiger partial charge in [0.25, 0.3) is 11.8 Å². The van der Waals surface area contributed by atoms with E-state index in [1.807, 2.05) is 0 Å². The molecule has 0 bridgehead atoms. The Hall–Kier alpha value is -2.77. The van der Waals surface area contributed by atoms with Crippen molar-refractivity contribution in [2.75, 3.05) is 0 Å². The van der Waals surface area contributed by atoms with E-state index in [2.05, 4.69) is 10.6 Å². The summed E-state index contributed by atoms with van der Waals surface area (Å²) in [4.78, 5) is 23.7. The van der Waals surface area contributed by atoms with Gasteiger partial charge in [0.05, 0.1) is 5.02 Å². The summed E-state index contributed by atoms with van der Waals surface area (Å²) in [5.41, 5.74) is 0.737. The maximum absolute atomic E-state index is 13.8. The summed E-state index contributed by atoms with van der Waals surface area (Å²) in [7, 11) is 0. The summed E-state index contributed by atoms with van der Waals surface area (Å²) in [6.07, 6.45) is 1.41. The first kappa shape index (κ1) is 18.0. The highest BCUT2D eigenvalue weighted by molar-refractivity contribution is 7.80. The quantitative estimate of drug-likeness (QED) is 0.478. The van der Waals surface area contributed by atoms with Gasteiger partial charge in [-0.1, -0.05) is 29.8 Å². The normalized spacial score (nSPS) is 13.9. The van der Waals surface area contributed by atoms with Crippen molar-refractivity contribution in [3.8, 4) is 5.75 Å². The second-order valence-electron chi connectivity index (χ2n) is 5.36. The largest absolute Gasteiger partial charge is 0.489 e. The van der Waals surface area contributed by atoms with Crippen molar-refractivity contribution in [1.29, 1.82) is 0 Å². The maximum Gasteiger partial charge on any atom is 0.263 e. The molecule has 3 rings (SSSR count). The fraction of sp³-hybridized carbons (Fsp3) is 0.0556. The molecule has 2 aromatic rings. The Kier molecular flexibility index (Phi) is 5.29. The van der Waals surface area contributed by atoms with Gasteiger partial charge in [0.1, 0.15) is 23.7 Å². The molecular weight excluding hydrogens is 379 g/mol. The summed E-state index contributed by atoms with van der Waals surface area (Å²) in [5.74, 6) is -1.18. The average Bonchev–Trinajstić information content (AvgIpc) is 2.58. The van der Waals surface area contributed by atoms with Crippen molar-refractivity contribution in [1.82, 2.24) is 10.6 Å². The molecule has 8 heteroatoms. The predicted octanol–water partition coefficient (Wildman–Crippen LogP) is 2.97. The lowest BCUT2D eigenvalue weighted by atomic mass is 10.1. The lowest BCUT2D eigenvalue weighted by Gasteiger charge is -2.16. The van der Waals surface area contributed by atoms with Crippen LogP contribution in [0.2, 0.25) is 5.02 Å². The van der Waals surface area contributed by atoms with Gasteiger partial charge in [0, 0.05) is 5.56 Å². The predicted molar refractivity (Wildman–Crippen MR) is 99.0 cm³/mol. The molecule has 1 aliphatic rings. The summed E-state index contributed by atoms with van der Waals surface area (Å²) in [5, 5.41) is 4.96. The zero-order valence-electron chi connectivity index (χ0n) is 13.2. The van der Waals surface area contributed by atoms with E-state index < -0.39 is 17.6 Å². The highest BCUT2D eigenvalue weighted by Crippen LogP contribution is 2.22. The van der Waals surface area contributed by atoms with E-state index in [1.165, 1.54) is 18.2 Å². The molecular formula is C18H12ClFN2O3S. The van der Waals surface area contributed by atoms with E-state index in [0.29, 0.717) is 11.3 Å². The van der Waals surface area contributed by atoms with E-state index >= 15 is 0 Å². The van der Waals surface area contributed by atoms with E-state index in [9.17, 15) is 14.0 Å². The molecule has 0 atom stereocenters. The summed E-state index contributed by atoms with van der Waals surface area (Å²) < 4.78 is 19.4. The van der Waals surface area contributed by atoms with Gasteiger partial charge in [-0.2, -0.15) is 0 Å². The number of rotatable bonds is 4. The third-order valence-electron chi connectivity index (χ3n) is 3.56. The van der Waals surface area contributed by atoms with E-state index in [0.717, 1.165) is 0 Å². The second-order valence-corrected chi connectivity index (χ2v) is 6.17. The molecule has 1 heterocycles. The molecule has 132 valence electrons. The van der Waals surface area contributed by atoms with Crippen LogP contribution in [0.4, 0.5) is 4.39 Å². The molecule has 2 aromatic carbocycles. The van der Waals surface area contributed by atoms with Crippen molar-refractivity contribution < 1.29 is 18.7 Å². The highest BCUT2D eigenvalue weighted by Gasteiger charge is 2.25. The number of carbonyl (C=O) groups excluding carboxylic acids is 2. The molecule has 0 spiro atoms. The Labute approximate surface area is 158 Å². The van der Waals surface area contributed by atoms with Crippen LogP contribution in [0.5, 0.6) is 5.75 Å². The lowest BCUT2D eigenvalue weighted by Crippen LogP contribution is -2.51. The molecule has 2 amide bonds. The highest BCUT2D eigenvalue weighted by atomic mass is 35.5. The summed E-state index contributed by atoms with van der Waals surface area (Å²) in [6, 6.07) is 11.1. The van der Waals surface area contributed by atoms with Crippen molar-refractivity contribution in [3.63, 3.8) is 0 Å². The Morgan fingerprint density at radius 2 is 1.81 bits per heavy atom. The summed E-state index contributed by atoms with van der Waals surface area (Å²) in [6.45, 7) is -0.0548. The molecule has 2 N–H and O–H groups in total. The van der Waals surface area contributed by atoms with Gasteiger partial charge in [0.2, 0.25) is 0 Å². The van der Waals surface area contributed by atoms with E-state index in [-0.39, 0.29) is 27.9 Å². The van der Waals surface area contributed by atoms with Crippen molar-refractivity contribution in [2.45, 2.75) is 6.61 Å². The number of hydrogen-bond acceptors (Lipinski definition) is 4. The van der Waals surface area contributed by atoms with Crippen LogP contribution in [-0.2, 0) is 16.2 Å². The summed E-state index contributed by atoms with van der Waals surface area (Å²) >= 11 is 10.7. The molecule has 1 aliphatic heterocycles. The van der Waals surface area contributed by atoms with Crippen LogP contribution in [0.25, 0.3) is 6.08 Å². The SMILES string of the molecule is O=C1NC(=S)NC(=O)C1=Cc1cccc(OCc2c(F)cccc2Cl)c1. The van der Waals surface area contributed by atoms with Crippen molar-refractivity contribution in [3.05, 3.63) is 70.0 Å². The number of nitrogens with one attached hydrogen (secondary N) is 2. The van der Waals surface area contributed by atoms with Gasteiger partial charge >= 0.3 is 0 Å². The lowest BCUT2D eigenvalue weighted by molar-refractivity contribution is -0.123. The zero-order valence-corrected chi connectivity index (χ0v) is 14.8. The van der Waals surface area contributed by atoms with Crippen LogP contribution in [0.3, 0.4) is 0 Å². The van der Waals surface area contributed by atoms with Crippen molar-refractivity contribution in [2.24, 2.45) is 0 Å². The van der Waals surface area contributed by atoms with Gasteiger partial charge in [-0.05, 0) is 48.1 Å². The molecule has 5 nitrogen and oxygen atoms in total. The molecule has 0 saturated carbocycles. The molecule has 26 heavy (non-hydrogen) atoms. The number of hydrogen-bond donors (Lipinski definition) is 2. The first-order chi connectivity index (χ1) is 12.4.